The van der Waals surface area contributed by atoms with Crippen molar-refractivity contribution in [1.29, 1.82) is 0 Å². The quantitative estimate of drug-likeness (QED) is 0.770. The van der Waals surface area contributed by atoms with E-state index in [4.69, 9.17) is 0 Å². The molecule has 1 atom stereocenters. The Morgan fingerprint density at radius 1 is 1.29 bits per heavy atom. The highest BCUT2D eigenvalue weighted by atomic mass is 79.9. The van der Waals surface area contributed by atoms with Crippen molar-refractivity contribution in [2.45, 2.75) is 57.7 Å². The largest absolute Gasteiger partial charge is 0.355 e. The maximum absolute atomic E-state index is 11.7. The Labute approximate surface area is 114 Å². The average Bonchev–Trinajstić information content (AvgIpc) is 2.30. The van der Waals surface area contributed by atoms with E-state index in [1.165, 1.54) is 25.7 Å². The Morgan fingerprint density at radius 2 is 1.88 bits per heavy atom. The van der Waals surface area contributed by atoms with Crippen LogP contribution in [0, 0.1) is 17.8 Å². The summed E-state index contributed by atoms with van der Waals surface area (Å²) in [6, 6.07) is 0. The van der Waals surface area contributed by atoms with E-state index < -0.39 is 0 Å². The van der Waals surface area contributed by atoms with E-state index in [-0.39, 0.29) is 10.7 Å². The zero-order valence-electron chi connectivity index (χ0n) is 11.3. The summed E-state index contributed by atoms with van der Waals surface area (Å²) in [5.74, 6) is 2.24. The Bertz CT molecular complexity index is 234. The number of hydrogen-bond donors (Lipinski definition) is 1. The molecule has 0 aromatic rings. The minimum absolute atomic E-state index is 0.0473. The summed E-state index contributed by atoms with van der Waals surface area (Å²) in [5, 5.41) is 3.04. The minimum atomic E-state index is -0.0473. The van der Waals surface area contributed by atoms with Crippen molar-refractivity contribution in [3.05, 3.63) is 0 Å². The summed E-state index contributed by atoms with van der Waals surface area (Å²) in [7, 11) is 0. The molecule has 0 spiro atoms. The van der Waals surface area contributed by atoms with Crippen molar-refractivity contribution in [2.75, 3.05) is 6.54 Å². The first kappa shape index (κ1) is 15.0. The third-order valence-electron chi connectivity index (χ3n) is 3.82. The van der Waals surface area contributed by atoms with E-state index in [0.29, 0.717) is 5.92 Å². The van der Waals surface area contributed by atoms with Gasteiger partial charge in [-0.1, -0.05) is 62.4 Å². The molecule has 1 amide bonds. The number of alkyl halides is 1. The smallest absolute Gasteiger partial charge is 0.234 e. The van der Waals surface area contributed by atoms with E-state index in [2.05, 4.69) is 42.0 Å². The van der Waals surface area contributed by atoms with Crippen molar-refractivity contribution in [2.24, 2.45) is 17.8 Å². The number of rotatable bonds is 5. The first-order valence-electron chi connectivity index (χ1n) is 6.92. The zero-order valence-corrected chi connectivity index (χ0v) is 12.9. The fourth-order valence-corrected chi connectivity index (χ4v) is 2.58. The first-order chi connectivity index (χ1) is 8.00. The lowest BCUT2D eigenvalue weighted by Gasteiger charge is -2.26. The summed E-state index contributed by atoms with van der Waals surface area (Å²) in [6.07, 6.45) is 6.57. The van der Waals surface area contributed by atoms with Gasteiger partial charge in [-0.3, -0.25) is 4.79 Å². The van der Waals surface area contributed by atoms with Crippen molar-refractivity contribution >= 4 is 21.8 Å². The van der Waals surface area contributed by atoms with Gasteiger partial charge >= 0.3 is 0 Å². The Morgan fingerprint density at radius 3 is 2.41 bits per heavy atom. The molecule has 1 fully saturated rings. The van der Waals surface area contributed by atoms with E-state index in [9.17, 15) is 4.79 Å². The highest BCUT2D eigenvalue weighted by molar-refractivity contribution is 9.10. The van der Waals surface area contributed by atoms with Gasteiger partial charge in [-0.25, -0.2) is 0 Å². The van der Waals surface area contributed by atoms with Gasteiger partial charge in [0.1, 0.15) is 0 Å². The summed E-state index contributed by atoms with van der Waals surface area (Å²) < 4.78 is 0. The summed E-state index contributed by atoms with van der Waals surface area (Å²) in [6.45, 7) is 7.30. The normalized spacial score (nSPS) is 26.9. The molecule has 0 saturated heterocycles. The molecule has 1 N–H and O–H groups in total. The molecule has 3 heteroatoms. The van der Waals surface area contributed by atoms with Crippen LogP contribution in [0.2, 0.25) is 0 Å². The summed E-state index contributed by atoms with van der Waals surface area (Å²) >= 11 is 3.43. The monoisotopic (exact) mass is 303 g/mol. The van der Waals surface area contributed by atoms with Crippen LogP contribution >= 0.6 is 15.9 Å². The van der Waals surface area contributed by atoms with Gasteiger partial charge in [0.05, 0.1) is 4.83 Å². The molecule has 0 heterocycles. The molecule has 1 rings (SSSR count). The third kappa shape index (κ3) is 5.41. The van der Waals surface area contributed by atoms with Crippen molar-refractivity contribution < 1.29 is 4.79 Å². The Hall–Kier alpha value is -0.0500. The van der Waals surface area contributed by atoms with Crippen molar-refractivity contribution in [1.82, 2.24) is 5.32 Å². The minimum Gasteiger partial charge on any atom is -0.355 e. The lowest BCUT2D eigenvalue weighted by Crippen LogP contribution is -2.35. The first-order valence-corrected chi connectivity index (χ1v) is 7.84. The fraction of sp³-hybridized carbons (Fsp3) is 0.929. The van der Waals surface area contributed by atoms with Crippen LogP contribution in [0.4, 0.5) is 0 Å². The number of halogens is 1. The zero-order chi connectivity index (χ0) is 12.8. The molecule has 1 saturated carbocycles. The van der Waals surface area contributed by atoms with Gasteiger partial charge in [0.15, 0.2) is 0 Å². The molecule has 0 radical (unpaired) electrons. The maximum Gasteiger partial charge on any atom is 0.234 e. The van der Waals surface area contributed by atoms with Crippen LogP contribution in [0.1, 0.15) is 52.9 Å². The highest BCUT2D eigenvalue weighted by Crippen LogP contribution is 2.29. The second kappa shape index (κ2) is 7.40. The van der Waals surface area contributed by atoms with E-state index in [0.717, 1.165) is 24.8 Å². The molecule has 100 valence electrons. The second-order valence-electron chi connectivity index (χ2n) is 5.85. The molecule has 0 bridgehead atoms. The SMILES string of the molecule is CC1CCC(CCNC(=O)C(Br)C(C)C)CC1. The molecule has 0 aromatic heterocycles. The lowest BCUT2D eigenvalue weighted by atomic mass is 9.81. The van der Waals surface area contributed by atoms with Crippen LogP contribution < -0.4 is 5.32 Å². The van der Waals surface area contributed by atoms with Gasteiger partial charge in [0.2, 0.25) is 5.91 Å². The Balaban J connectivity index is 2.13. The Kier molecular flexibility index (Phi) is 6.53. The molecule has 17 heavy (non-hydrogen) atoms. The predicted molar refractivity (Wildman–Crippen MR) is 76.3 cm³/mol. The molecular weight excluding hydrogens is 278 g/mol. The van der Waals surface area contributed by atoms with E-state index in [1.54, 1.807) is 0 Å². The fourth-order valence-electron chi connectivity index (χ4n) is 2.42. The number of amides is 1. The maximum atomic E-state index is 11.7. The van der Waals surface area contributed by atoms with Gasteiger partial charge in [0, 0.05) is 6.54 Å². The van der Waals surface area contributed by atoms with Gasteiger partial charge in [-0.05, 0) is 24.2 Å². The molecule has 1 unspecified atom stereocenters. The molecule has 0 aromatic carbocycles. The number of carbonyl (C=O) groups excluding carboxylic acids is 1. The third-order valence-corrected chi connectivity index (χ3v) is 5.30. The standard InChI is InChI=1S/C14H26BrNO/c1-10(2)13(15)14(17)16-9-8-12-6-4-11(3)5-7-12/h10-13H,4-9H2,1-3H3,(H,16,17). The molecule has 1 aliphatic carbocycles. The van der Waals surface area contributed by atoms with Gasteiger partial charge in [0.25, 0.3) is 0 Å². The number of hydrogen-bond acceptors (Lipinski definition) is 1. The van der Waals surface area contributed by atoms with Gasteiger partial charge in [-0.2, -0.15) is 0 Å². The van der Waals surface area contributed by atoms with Crippen LogP contribution in [-0.2, 0) is 4.79 Å². The average molecular weight is 304 g/mol. The van der Waals surface area contributed by atoms with Crippen molar-refractivity contribution in [3.8, 4) is 0 Å². The van der Waals surface area contributed by atoms with Gasteiger partial charge < -0.3 is 5.32 Å². The van der Waals surface area contributed by atoms with Crippen LogP contribution in [0.15, 0.2) is 0 Å². The van der Waals surface area contributed by atoms with E-state index in [1.807, 2.05) is 0 Å². The number of nitrogens with one attached hydrogen (secondary N) is 1. The molecule has 2 nitrogen and oxygen atoms in total. The molecule has 1 aliphatic rings. The van der Waals surface area contributed by atoms with Crippen LogP contribution in [0.5, 0.6) is 0 Å². The van der Waals surface area contributed by atoms with Crippen LogP contribution in [0.25, 0.3) is 0 Å². The van der Waals surface area contributed by atoms with Gasteiger partial charge in [-0.15, -0.1) is 0 Å². The number of carbonyl (C=O) groups is 1. The van der Waals surface area contributed by atoms with E-state index >= 15 is 0 Å². The molecular formula is C14H26BrNO. The highest BCUT2D eigenvalue weighted by Gasteiger charge is 2.20. The van der Waals surface area contributed by atoms with Crippen molar-refractivity contribution in [3.63, 3.8) is 0 Å². The predicted octanol–water partition coefficient (Wildman–Crippen LogP) is 3.74. The van der Waals surface area contributed by atoms with Crippen LogP contribution in [-0.4, -0.2) is 17.3 Å². The topological polar surface area (TPSA) is 29.1 Å². The lowest BCUT2D eigenvalue weighted by molar-refractivity contribution is -0.121. The summed E-state index contributed by atoms with van der Waals surface area (Å²) in [4.78, 5) is 11.7. The van der Waals surface area contributed by atoms with Crippen LogP contribution in [0.3, 0.4) is 0 Å². The second-order valence-corrected chi connectivity index (χ2v) is 6.84. The summed E-state index contributed by atoms with van der Waals surface area (Å²) in [5.41, 5.74) is 0. The molecule has 0 aliphatic heterocycles.